The van der Waals surface area contributed by atoms with Crippen molar-refractivity contribution < 1.29 is 12.9 Å². The molecule has 1 aliphatic rings. The summed E-state index contributed by atoms with van der Waals surface area (Å²) in [6, 6.07) is 9.89. The number of fused-ring (bicyclic) bond motifs is 1. The van der Waals surface area contributed by atoms with Crippen LogP contribution in [0.3, 0.4) is 0 Å². The Balaban J connectivity index is 1.65. The smallest absolute Gasteiger partial charge is 0.278 e. The molecule has 1 aromatic carbocycles. The van der Waals surface area contributed by atoms with Crippen LogP contribution in [-0.4, -0.2) is 45.4 Å². The molecule has 0 saturated heterocycles. The Hall–Kier alpha value is -2.52. The number of hydrogen-bond acceptors (Lipinski definition) is 6. The lowest BCUT2D eigenvalue weighted by Crippen LogP contribution is -2.35. The van der Waals surface area contributed by atoms with Gasteiger partial charge in [-0.2, -0.15) is 14.4 Å². The molecule has 3 aromatic rings. The molecular weight excluding hydrogens is 354 g/mol. The fourth-order valence-electron chi connectivity index (χ4n) is 3.22. The molecule has 4 rings (SSSR count). The van der Waals surface area contributed by atoms with Crippen LogP contribution in [0.4, 0.5) is 0 Å². The van der Waals surface area contributed by atoms with Crippen LogP contribution < -0.4 is 0 Å². The summed E-state index contributed by atoms with van der Waals surface area (Å²) in [4.78, 5) is 4.46. The molecule has 136 valence electrons. The molecule has 0 unspecified atom stereocenters. The van der Waals surface area contributed by atoms with Crippen molar-refractivity contribution in [2.75, 3.05) is 12.8 Å². The van der Waals surface area contributed by atoms with Crippen molar-refractivity contribution in [3.8, 4) is 11.6 Å². The van der Waals surface area contributed by atoms with E-state index in [1.165, 1.54) is 10.6 Å². The van der Waals surface area contributed by atoms with Gasteiger partial charge in [-0.15, -0.1) is 0 Å². The monoisotopic (exact) mass is 373 g/mol. The van der Waals surface area contributed by atoms with Gasteiger partial charge < -0.3 is 4.52 Å². The summed E-state index contributed by atoms with van der Waals surface area (Å²) in [5, 5.41) is 8.54. The van der Waals surface area contributed by atoms with Gasteiger partial charge in [0.05, 0.1) is 6.26 Å². The lowest BCUT2D eigenvalue weighted by atomic mass is 10.1. The van der Waals surface area contributed by atoms with Crippen LogP contribution in [0.15, 0.2) is 34.9 Å². The Morgan fingerprint density at radius 3 is 2.73 bits per heavy atom. The highest BCUT2D eigenvalue weighted by atomic mass is 32.2. The highest BCUT2D eigenvalue weighted by Gasteiger charge is 2.30. The third kappa shape index (κ3) is 3.15. The molecule has 0 radical (unpaired) electrons. The lowest BCUT2D eigenvalue weighted by molar-refractivity contribution is 0.388. The minimum absolute atomic E-state index is 0.272. The Morgan fingerprint density at radius 1 is 1.23 bits per heavy atom. The van der Waals surface area contributed by atoms with E-state index in [0.717, 1.165) is 16.8 Å². The van der Waals surface area contributed by atoms with E-state index >= 15 is 0 Å². The average Bonchev–Trinajstić information content (AvgIpc) is 3.19. The number of rotatable bonds is 4. The highest BCUT2D eigenvalue weighted by molar-refractivity contribution is 7.88. The summed E-state index contributed by atoms with van der Waals surface area (Å²) < 4.78 is 32.4. The normalized spacial score (nSPS) is 15.2. The third-order valence-electron chi connectivity index (χ3n) is 4.55. The molecule has 0 saturated carbocycles. The van der Waals surface area contributed by atoms with Crippen molar-refractivity contribution in [1.29, 1.82) is 0 Å². The summed E-state index contributed by atoms with van der Waals surface area (Å²) in [5.41, 5.74) is 3.48. The number of benzene rings is 1. The standard InChI is InChI=1S/C17H19N5O3S/c1-21-14-8-9-22(26(2,23)24)11-13(14)16(19-21)17-18-15(20-25-17)10-12-6-4-3-5-7-12/h3-7H,8-11H2,1-2H3. The molecule has 0 spiro atoms. The molecule has 3 heterocycles. The van der Waals surface area contributed by atoms with Gasteiger partial charge in [-0.05, 0) is 5.56 Å². The number of nitrogens with zero attached hydrogens (tertiary/aromatic N) is 5. The second-order valence-electron chi connectivity index (χ2n) is 6.42. The Bertz CT molecular complexity index is 1040. The fraction of sp³-hybridized carbons (Fsp3) is 0.353. The molecule has 0 aliphatic carbocycles. The van der Waals surface area contributed by atoms with E-state index in [9.17, 15) is 8.42 Å². The summed E-state index contributed by atoms with van der Waals surface area (Å²) in [7, 11) is -1.42. The molecule has 9 heteroatoms. The number of aryl methyl sites for hydroxylation is 1. The van der Waals surface area contributed by atoms with Crippen LogP contribution in [0.25, 0.3) is 11.6 Å². The zero-order chi connectivity index (χ0) is 18.3. The number of sulfonamides is 1. The lowest BCUT2D eigenvalue weighted by Gasteiger charge is -2.24. The van der Waals surface area contributed by atoms with Crippen molar-refractivity contribution in [3.05, 3.63) is 53.0 Å². The van der Waals surface area contributed by atoms with E-state index in [0.29, 0.717) is 36.8 Å². The first-order valence-corrected chi connectivity index (χ1v) is 10.1. The summed E-state index contributed by atoms with van der Waals surface area (Å²) >= 11 is 0. The Kier molecular flexibility index (Phi) is 4.12. The zero-order valence-electron chi connectivity index (χ0n) is 14.6. The van der Waals surface area contributed by atoms with Crippen LogP contribution in [0.5, 0.6) is 0 Å². The predicted octanol–water partition coefficient (Wildman–Crippen LogP) is 1.38. The van der Waals surface area contributed by atoms with Crippen molar-refractivity contribution in [2.45, 2.75) is 19.4 Å². The molecule has 0 amide bonds. The SMILES string of the molecule is Cn1nc(-c2nc(Cc3ccccc3)no2)c2c1CCN(S(C)(=O)=O)C2. The van der Waals surface area contributed by atoms with Crippen LogP contribution in [0, 0.1) is 0 Å². The molecule has 1 aliphatic heterocycles. The van der Waals surface area contributed by atoms with Gasteiger partial charge >= 0.3 is 0 Å². The van der Waals surface area contributed by atoms with E-state index in [1.807, 2.05) is 37.4 Å². The number of aromatic nitrogens is 4. The van der Waals surface area contributed by atoms with Gasteiger partial charge in [0, 0.05) is 44.2 Å². The molecule has 0 N–H and O–H groups in total. The first-order valence-electron chi connectivity index (χ1n) is 8.28. The highest BCUT2D eigenvalue weighted by Crippen LogP contribution is 2.29. The van der Waals surface area contributed by atoms with Gasteiger partial charge in [0.2, 0.25) is 10.0 Å². The van der Waals surface area contributed by atoms with Crippen molar-refractivity contribution in [3.63, 3.8) is 0 Å². The van der Waals surface area contributed by atoms with Gasteiger partial charge in [0.1, 0.15) is 0 Å². The minimum atomic E-state index is -3.26. The van der Waals surface area contributed by atoms with E-state index in [4.69, 9.17) is 4.52 Å². The Morgan fingerprint density at radius 2 is 2.00 bits per heavy atom. The van der Waals surface area contributed by atoms with Crippen LogP contribution in [0.1, 0.15) is 22.6 Å². The van der Waals surface area contributed by atoms with E-state index in [1.54, 1.807) is 4.68 Å². The largest absolute Gasteiger partial charge is 0.332 e. The minimum Gasteiger partial charge on any atom is -0.332 e. The van der Waals surface area contributed by atoms with E-state index in [2.05, 4.69) is 15.2 Å². The number of hydrogen-bond donors (Lipinski definition) is 0. The van der Waals surface area contributed by atoms with Gasteiger partial charge in [-0.25, -0.2) is 8.42 Å². The van der Waals surface area contributed by atoms with Crippen LogP contribution in [-0.2, 0) is 36.5 Å². The van der Waals surface area contributed by atoms with Crippen LogP contribution >= 0.6 is 0 Å². The molecule has 0 atom stereocenters. The van der Waals surface area contributed by atoms with Gasteiger partial charge in [0.15, 0.2) is 11.5 Å². The quantitative estimate of drug-likeness (QED) is 0.686. The summed E-state index contributed by atoms with van der Waals surface area (Å²) in [6.45, 7) is 0.724. The third-order valence-corrected chi connectivity index (χ3v) is 5.80. The van der Waals surface area contributed by atoms with Crippen LogP contribution in [0.2, 0.25) is 0 Å². The van der Waals surface area contributed by atoms with Gasteiger partial charge in [-0.1, -0.05) is 35.5 Å². The first-order chi connectivity index (χ1) is 12.4. The fourth-order valence-corrected chi connectivity index (χ4v) is 4.01. The molecule has 8 nitrogen and oxygen atoms in total. The molecular formula is C17H19N5O3S. The maximum absolute atomic E-state index is 11.9. The maximum Gasteiger partial charge on any atom is 0.278 e. The summed E-state index contributed by atoms with van der Waals surface area (Å²) in [5.74, 6) is 0.893. The second-order valence-corrected chi connectivity index (χ2v) is 8.40. The topological polar surface area (TPSA) is 94.1 Å². The molecule has 0 bridgehead atoms. The maximum atomic E-state index is 11.9. The van der Waals surface area contributed by atoms with Crippen molar-refractivity contribution in [2.24, 2.45) is 7.05 Å². The average molecular weight is 373 g/mol. The molecule has 2 aromatic heterocycles. The van der Waals surface area contributed by atoms with Gasteiger partial charge in [-0.3, -0.25) is 4.68 Å². The van der Waals surface area contributed by atoms with Crippen molar-refractivity contribution in [1.82, 2.24) is 24.2 Å². The first kappa shape index (κ1) is 16.9. The summed E-state index contributed by atoms with van der Waals surface area (Å²) in [6.07, 6.45) is 2.39. The Labute approximate surface area is 151 Å². The van der Waals surface area contributed by atoms with E-state index in [-0.39, 0.29) is 6.54 Å². The van der Waals surface area contributed by atoms with Crippen molar-refractivity contribution >= 4 is 10.0 Å². The second kappa shape index (κ2) is 6.33. The molecule has 0 fully saturated rings. The van der Waals surface area contributed by atoms with Gasteiger partial charge in [0.25, 0.3) is 5.89 Å². The zero-order valence-corrected chi connectivity index (χ0v) is 15.4. The van der Waals surface area contributed by atoms with E-state index < -0.39 is 10.0 Å². The molecule has 26 heavy (non-hydrogen) atoms. The predicted molar refractivity (Wildman–Crippen MR) is 94.7 cm³/mol.